The van der Waals surface area contributed by atoms with Crippen LogP contribution in [0.2, 0.25) is 0 Å². The van der Waals surface area contributed by atoms with Gasteiger partial charge in [-0.3, -0.25) is 4.79 Å². The van der Waals surface area contributed by atoms with Gasteiger partial charge >= 0.3 is 0 Å². The predicted molar refractivity (Wildman–Crippen MR) is 76.9 cm³/mol. The van der Waals surface area contributed by atoms with Crippen LogP contribution in [0.3, 0.4) is 0 Å². The molecule has 2 nitrogen and oxygen atoms in total. The number of amides is 1. The zero-order valence-electron chi connectivity index (χ0n) is 12.4. The van der Waals surface area contributed by atoms with Gasteiger partial charge in [0.05, 0.1) is 0 Å². The molecule has 0 spiro atoms. The average molecular weight is 247 g/mol. The number of carbonyl (C=O) groups is 1. The fraction of sp³-hybridized carbons (Fsp3) is 0.562. The van der Waals surface area contributed by atoms with Gasteiger partial charge < -0.3 is 5.32 Å². The summed E-state index contributed by atoms with van der Waals surface area (Å²) >= 11 is 0. The number of nitrogens with one attached hydrogen (secondary N) is 1. The lowest BCUT2D eigenvalue weighted by molar-refractivity contribution is 0.0939. The monoisotopic (exact) mass is 247 g/mol. The second kappa shape index (κ2) is 5.13. The van der Waals surface area contributed by atoms with Crippen molar-refractivity contribution in [2.75, 3.05) is 6.54 Å². The lowest BCUT2D eigenvalue weighted by Gasteiger charge is -2.21. The minimum absolute atomic E-state index is 0.0102. The molecule has 1 aromatic carbocycles. The first-order valence-corrected chi connectivity index (χ1v) is 6.48. The third kappa shape index (κ3) is 4.52. The highest BCUT2D eigenvalue weighted by molar-refractivity contribution is 5.94. The molecule has 0 atom stereocenters. The Morgan fingerprint density at radius 3 is 2.22 bits per heavy atom. The van der Waals surface area contributed by atoms with Crippen LogP contribution in [0.5, 0.6) is 0 Å². The van der Waals surface area contributed by atoms with Crippen molar-refractivity contribution in [3.8, 4) is 0 Å². The first-order valence-electron chi connectivity index (χ1n) is 6.48. The van der Waals surface area contributed by atoms with Gasteiger partial charge in [-0.2, -0.15) is 0 Å². The van der Waals surface area contributed by atoms with Crippen molar-refractivity contribution in [2.24, 2.45) is 5.41 Å². The maximum absolute atomic E-state index is 12.1. The zero-order valence-corrected chi connectivity index (χ0v) is 12.4. The molecule has 0 saturated carbocycles. The minimum atomic E-state index is 0.0102. The van der Waals surface area contributed by atoms with Gasteiger partial charge in [0.25, 0.3) is 5.91 Å². The van der Waals surface area contributed by atoms with Gasteiger partial charge in [-0.15, -0.1) is 0 Å². The van der Waals surface area contributed by atoms with E-state index in [9.17, 15) is 4.79 Å². The summed E-state index contributed by atoms with van der Waals surface area (Å²) in [7, 11) is 0. The first-order chi connectivity index (χ1) is 8.09. The molecule has 0 fully saturated rings. The third-order valence-electron chi connectivity index (χ3n) is 2.77. The van der Waals surface area contributed by atoms with Crippen LogP contribution in [0.25, 0.3) is 0 Å². The number of hydrogen-bond donors (Lipinski definition) is 1. The van der Waals surface area contributed by atoms with Crippen molar-refractivity contribution < 1.29 is 4.79 Å². The van der Waals surface area contributed by atoms with Gasteiger partial charge in [-0.05, 0) is 28.5 Å². The fourth-order valence-electron chi connectivity index (χ4n) is 1.57. The van der Waals surface area contributed by atoms with Crippen LogP contribution in [-0.2, 0) is 5.41 Å². The van der Waals surface area contributed by atoms with E-state index < -0.39 is 0 Å². The molecule has 1 amide bonds. The van der Waals surface area contributed by atoms with E-state index >= 15 is 0 Å². The number of carbonyl (C=O) groups excluding carboxylic acids is 1. The number of hydrogen-bond acceptors (Lipinski definition) is 1. The summed E-state index contributed by atoms with van der Waals surface area (Å²) in [6.45, 7) is 13.5. The van der Waals surface area contributed by atoms with Crippen molar-refractivity contribution in [3.05, 3.63) is 35.4 Å². The smallest absolute Gasteiger partial charge is 0.251 e. The standard InChI is InChI=1S/C16H25NO/c1-15(2,3)11-17-14(18)12-8-7-9-13(10-12)16(4,5)6/h7-10H,11H2,1-6H3,(H,17,18). The molecule has 1 rings (SSSR count). The van der Waals surface area contributed by atoms with Crippen molar-refractivity contribution in [3.63, 3.8) is 0 Å². The summed E-state index contributed by atoms with van der Waals surface area (Å²) in [5, 5.41) is 2.98. The highest BCUT2D eigenvalue weighted by Crippen LogP contribution is 2.22. The largest absolute Gasteiger partial charge is 0.352 e. The van der Waals surface area contributed by atoms with Crippen LogP contribution in [0, 0.1) is 5.41 Å². The molecular weight excluding hydrogens is 222 g/mol. The van der Waals surface area contributed by atoms with E-state index in [1.54, 1.807) is 0 Å². The molecule has 0 unspecified atom stereocenters. The molecule has 0 aliphatic rings. The number of benzene rings is 1. The third-order valence-corrected chi connectivity index (χ3v) is 2.77. The highest BCUT2D eigenvalue weighted by Gasteiger charge is 2.17. The van der Waals surface area contributed by atoms with Gasteiger partial charge in [-0.1, -0.05) is 53.7 Å². The Labute approximate surface area is 111 Å². The summed E-state index contributed by atoms with van der Waals surface area (Å²) in [5.41, 5.74) is 2.11. The summed E-state index contributed by atoms with van der Waals surface area (Å²) in [6.07, 6.45) is 0. The SMILES string of the molecule is CC(C)(C)CNC(=O)c1cccc(C(C)(C)C)c1. The van der Waals surface area contributed by atoms with Crippen LogP contribution < -0.4 is 5.32 Å². The molecule has 1 aromatic rings. The first kappa shape index (κ1) is 14.7. The Bertz CT molecular complexity index is 421. The van der Waals surface area contributed by atoms with Crippen molar-refractivity contribution in [1.29, 1.82) is 0 Å². The highest BCUT2D eigenvalue weighted by atomic mass is 16.1. The molecule has 0 aliphatic heterocycles. The molecule has 0 radical (unpaired) electrons. The molecule has 0 saturated heterocycles. The van der Waals surface area contributed by atoms with Crippen LogP contribution in [0.4, 0.5) is 0 Å². The molecule has 0 heterocycles. The van der Waals surface area contributed by atoms with Crippen molar-refractivity contribution >= 4 is 5.91 Å². The van der Waals surface area contributed by atoms with E-state index in [2.05, 4.69) is 52.9 Å². The quantitative estimate of drug-likeness (QED) is 0.847. The second-order valence-corrected chi connectivity index (χ2v) is 7.07. The normalized spacial score (nSPS) is 12.3. The molecule has 0 aromatic heterocycles. The van der Waals surface area contributed by atoms with E-state index in [1.165, 1.54) is 5.56 Å². The molecule has 1 N–H and O–H groups in total. The molecule has 0 bridgehead atoms. The van der Waals surface area contributed by atoms with Gasteiger partial charge in [-0.25, -0.2) is 0 Å². The Kier molecular flexibility index (Phi) is 4.20. The predicted octanol–water partition coefficient (Wildman–Crippen LogP) is 3.76. The van der Waals surface area contributed by atoms with E-state index in [0.717, 1.165) is 5.56 Å². The molecule has 0 aliphatic carbocycles. The molecular formula is C16H25NO. The summed E-state index contributed by atoms with van der Waals surface area (Å²) in [4.78, 5) is 12.1. The second-order valence-electron chi connectivity index (χ2n) is 7.07. The zero-order chi connectivity index (χ0) is 14.0. The molecule has 2 heteroatoms. The van der Waals surface area contributed by atoms with Gasteiger partial charge in [0.1, 0.15) is 0 Å². The summed E-state index contributed by atoms with van der Waals surface area (Å²) < 4.78 is 0. The topological polar surface area (TPSA) is 29.1 Å². The Morgan fingerprint density at radius 2 is 1.72 bits per heavy atom. The van der Waals surface area contributed by atoms with Gasteiger partial charge in [0.2, 0.25) is 0 Å². The number of rotatable bonds is 2. The van der Waals surface area contributed by atoms with Gasteiger partial charge in [0, 0.05) is 12.1 Å². The molecule has 18 heavy (non-hydrogen) atoms. The van der Waals surface area contributed by atoms with E-state index in [1.807, 2.05) is 18.2 Å². The lowest BCUT2D eigenvalue weighted by atomic mass is 9.86. The lowest BCUT2D eigenvalue weighted by Crippen LogP contribution is -2.32. The maximum atomic E-state index is 12.1. The Hall–Kier alpha value is -1.31. The van der Waals surface area contributed by atoms with Crippen LogP contribution in [-0.4, -0.2) is 12.5 Å². The van der Waals surface area contributed by atoms with Crippen molar-refractivity contribution in [1.82, 2.24) is 5.32 Å². The average Bonchev–Trinajstić information content (AvgIpc) is 2.24. The van der Waals surface area contributed by atoms with Crippen molar-refractivity contribution in [2.45, 2.75) is 47.0 Å². The van der Waals surface area contributed by atoms with Gasteiger partial charge in [0.15, 0.2) is 0 Å². The minimum Gasteiger partial charge on any atom is -0.352 e. The van der Waals surface area contributed by atoms with E-state index in [-0.39, 0.29) is 16.7 Å². The van der Waals surface area contributed by atoms with Crippen LogP contribution in [0.15, 0.2) is 24.3 Å². The van der Waals surface area contributed by atoms with Crippen LogP contribution in [0.1, 0.15) is 57.5 Å². The van der Waals surface area contributed by atoms with E-state index in [0.29, 0.717) is 6.54 Å². The Balaban J connectivity index is 2.81. The van der Waals surface area contributed by atoms with Crippen LogP contribution >= 0.6 is 0 Å². The summed E-state index contributed by atoms with van der Waals surface area (Å²) in [6, 6.07) is 7.87. The summed E-state index contributed by atoms with van der Waals surface area (Å²) in [5.74, 6) is 0.0102. The fourth-order valence-corrected chi connectivity index (χ4v) is 1.57. The molecule has 100 valence electrons. The van der Waals surface area contributed by atoms with E-state index in [4.69, 9.17) is 0 Å². The Morgan fingerprint density at radius 1 is 1.11 bits per heavy atom. The maximum Gasteiger partial charge on any atom is 0.251 e.